The zero-order valence-corrected chi connectivity index (χ0v) is 16.1. The number of methoxy groups -OCH3 is 1. The lowest BCUT2D eigenvalue weighted by Crippen LogP contribution is -2.38. The molecule has 0 aliphatic rings. The molecule has 0 spiro atoms. The Morgan fingerprint density at radius 1 is 1.30 bits per heavy atom. The number of carbonyl (C=O) groups is 2. The number of hydrogen-bond donors (Lipinski definition) is 0. The standard InChI is InChI=1S/C21H24N2O4/c1-7-12-21(22-5,18(24)26-6)13-15-14-23(19(25)27-20(2,3)4)17-11-9-8-10-16(15)17/h7-11,14H,1,12-13H2,2-4,6H3. The van der Waals surface area contributed by atoms with Crippen LogP contribution < -0.4 is 0 Å². The van der Waals surface area contributed by atoms with Crippen LogP contribution in [0.4, 0.5) is 4.79 Å². The molecule has 0 N–H and O–H groups in total. The monoisotopic (exact) mass is 368 g/mol. The second kappa shape index (κ2) is 7.67. The Bertz CT molecular complexity index is 914. The molecule has 27 heavy (non-hydrogen) atoms. The maximum absolute atomic E-state index is 12.6. The molecule has 1 aromatic heterocycles. The van der Waals surface area contributed by atoms with Crippen molar-refractivity contribution in [3.05, 3.63) is 60.1 Å². The third kappa shape index (κ3) is 4.20. The normalized spacial score (nSPS) is 13.4. The molecular weight excluding hydrogens is 344 g/mol. The number of hydrogen-bond acceptors (Lipinski definition) is 4. The summed E-state index contributed by atoms with van der Waals surface area (Å²) in [4.78, 5) is 28.5. The van der Waals surface area contributed by atoms with Crippen LogP contribution in [0.3, 0.4) is 0 Å². The zero-order valence-electron chi connectivity index (χ0n) is 16.1. The first-order valence-electron chi connectivity index (χ1n) is 8.57. The highest BCUT2D eigenvalue weighted by molar-refractivity contribution is 5.93. The fourth-order valence-electron chi connectivity index (χ4n) is 2.96. The number of aromatic nitrogens is 1. The predicted molar refractivity (Wildman–Crippen MR) is 103 cm³/mol. The van der Waals surface area contributed by atoms with Crippen molar-refractivity contribution in [2.45, 2.75) is 44.8 Å². The molecule has 0 fully saturated rings. The molecule has 2 rings (SSSR count). The lowest BCUT2D eigenvalue weighted by molar-refractivity contribution is -0.145. The molecule has 1 unspecified atom stereocenters. The Morgan fingerprint density at radius 3 is 2.52 bits per heavy atom. The molecule has 0 amide bonds. The second-order valence-electron chi connectivity index (χ2n) is 7.33. The summed E-state index contributed by atoms with van der Waals surface area (Å²) in [5, 5.41) is 0.782. The lowest BCUT2D eigenvalue weighted by atomic mass is 9.88. The summed E-state index contributed by atoms with van der Waals surface area (Å²) >= 11 is 0. The van der Waals surface area contributed by atoms with E-state index >= 15 is 0 Å². The van der Waals surface area contributed by atoms with Crippen molar-refractivity contribution in [2.75, 3.05) is 7.11 Å². The Morgan fingerprint density at radius 2 is 1.96 bits per heavy atom. The maximum atomic E-state index is 12.6. The summed E-state index contributed by atoms with van der Waals surface area (Å²) in [7, 11) is 1.26. The summed E-state index contributed by atoms with van der Waals surface area (Å²) in [6, 6.07) is 7.31. The van der Waals surface area contributed by atoms with Crippen molar-refractivity contribution in [2.24, 2.45) is 0 Å². The first-order valence-corrected chi connectivity index (χ1v) is 8.57. The van der Waals surface area contributed by atoms with Crippen LogP contribution >= 0.6 is 0 Å². The highest BCUT2D eigenvalue weighted by Crippen LogP contribution is 2.30. The van der Waals surface area contributed by atoms with Gasteiger partial charge < -0.3 is 9.47 Å². The van der Waals surface area contributed by atoms with Gasteiger partial charge in [-0.3, -0.25) is 9.41 Å². The van der Waals surface area contributed by atoms with Crippen molar-refractivity contribution in [3.63, 3.8) is 0 Å². The van der Waals surface area contributed by atoms with Gasteiger partial charge in [0.1, 0.15) is 5.60 Å². The molecule has 142 valence electrons. The third-order valence-corrected chi connectivity index (χ3v) is 4.13. The molecule has 6 nitrogen and oxygen atoms in total. The molecular formula is C21H24N2O4. The molecule has 0 bridgehead atoms. The first kappa shape index (κ1) is 20.2. The van der Waals surface area contributed by atoms with Gasteiger partial charge in [-0.05, 0) is 32.4 Å². The molecule has 0 aliphatic carbocycles. The van der Waals surface area contributed by atoms with Gasteiger partial charge in [-0.1, -0.05) is 24.3 Å². The molecule has 6 heteroatoms. The fraction of sp³-hybridized carbons (Fsp3) is 0.381. The van der Waals surface area contributed by atoms with E-state index in [9.17, 15) is 9.59 Å². The van der Waals surface area contributed by atoms with Gasteiger partial charge >= 0.3 is 17.6 Å². The van der Waals surface area contributed by atoms with Crippen LogP contribution in [-0.4, -0.2) is 34.9 Å². The Balaban J connectivity index is 2.56. The summed E-state index contributed by atoms with van der Waals surface area (Å²) < 4.78 is 11.8. The zero-order chi connectivity index (χ0) is 20.2. The van der Waals surface area contributed by atoms with Crippen molar-refractivity contribution < 1.29 is 19.1 Å². The van der Waals surface area contributed by atoms with Crippen molar-refractivity contribution in [1.29, 1.82) is 0 Å². The van der Waals surface area contributed by atoms with E-state index in [0.717, 1.165) is 5.39 Å². The molecule has 0 saturated heterocycles. The van der Waals surface area contributed by atoms with E-state index in [-0.39, 0.29) is 12.8 Å². The SMILES string of the molecule is [C-]#[N+]C(CC=C)(Cc1cn(C(=O)OC(C)(C)C)c2ccccc12)C(=O)OC. The van der Waals surface area contributed by atoms with Crippen LogP contribution in [0.15, 0.2) is 43.1 Å². The van der Waals surface area contributed by atoms with Gasteiger partial charge in [0.05, 0.1) is 25.5 Å². The van der Waals surface area contributed by atoms with Crippen LogP contribution in [0, 0.1) is 6.57 Å². The van der Waals surface area contributed by atoms with E-state index in [2.05, 4.69) is 11.4 Å². The minimum absolute atomic E-state index is 0.103. The molecule has 0 saturated carbocycles. The van der Waals surface area contributed by atoms with Crippen LogP contribution in [0.2, 0.25) is 0 Å². The minimum atomic E-state index is -1.42. The lowest BCUT2D eigenvalue weighted by Gasteiger charge is -2.19. The van der Waals surface area contributed by atoms with Gasteiger partial charge in [0.15, 0.2) is 0 Å². The van der Waals surface area contributed by atoms with Crippen LogP contribution in [0.25, 0.3) is 15.7 Å². The molecule has 1 heterocycles. The van der Waals surface area contributed by atoms with Crippen molar-refractivity contribution in [1.82, 2.24) is 4.57 Å². The summed E-state index contributed by atoms with van der Waals surface area (Å²) in [5.41, 5.74) is -0.708. The van der Waals surface area contributed by atoms with Crippen molar-refractivity contribution >= 4 is 23.0 Å². The van der Waals surface area contributed by atoms with E-state index in [0.29, 0.717) is 11.1 Å². The van der Waals surface area contributed by atoms with Gasteiger partial charge in [-0.2, -0.15) is 0 Å². The third-order valence-electron chi connectivity index (χ3n) is 4.13. The van der Waals surface area contributed by atoms with E-state index in [4.69, 9.17) is 16.0 Å². The Kier molecular flexibility index (Phi) is 5.75. The number of nitrogens with zero attached hydrogens (tertiary/aromatic N) is 2. The van der Waals surface area contributed by atoms with E-state index in [1.54, 1.807) is 33.0 Å². The molecule has 2 aromatic rings. The summed E-state index contributed by atoms with van der Waals surface area (Å²) in [5.74, 6) is -0.619. The number of ether oxygens (including phenoxy) is 2. The number of fused-ring (bicyclic) bond motifs is 1. The second-order valence-corrected chi connectivity index (χ2v) is 7.33. The van der Waals surface area contributed by atoms with Gasteiger partial charge in [0.25, 0.3) is 0 Å². The molecule has 0 radical (unpaired) electrons. The quantitative estimate of drug-likeness (QED) is 0.446. The average molecular weight is 368 g/mol. The highest BCUT2D eigenvalue weighted by Gasteiger charge is 2.46. The van der Waals surface area contributed by atoms with Crippen LogP contribution in [0.5, 0.6) is 0 Å². The van der Waals surface area contributed by atoms with Crippen LogP contribution in [0.1, 0.15) is 32.8 Å². The highest BCUT2D eigenvalue weighted by atomic mass is 16.6. The average Bonchev–Trinajstić information content (AvgIpc) is 2.98. The summed E-state index contributed by atoms with van der Waals surface area (Å²) in [6.45, 7) is 16.6. The largest absolute Gasteiger partial charge is 0.463 e. The summed E-state index contributed by atoms with van der Waals surface area (Å²) in [6.07, 6.45) is 2.90. The number of esters is 1. The van der Waals surface area contributed by atoms with Gasteiger partial charge in [0, 0.05) is 11.6 Å². The predicted octanol–water partition coefficient (Wildman–Crippen LogP) is 4.37. The number of carbonyl (C=O) groups excluding carboxylic acids is 2. The van der Waals surface area contributed by atoms with Crippen LogP contribution in [-0.2, 0) is 20.7 Å². The topological polar surface area (TPSA) is 61.9 Å². The molecule has 1 aromatic carbocycles. The first-order chi connectivity index (χ1) is 12.7. The van der Waals surface area contributed by atoms with E-state index in [1.807, 2.05) is 18.2 Å². The van der Waals surface area contributed by atoms with Gasteiger partial charge in [-0.15, -0.1) is 6.58 Å². The smallest absolute Gasteiger partial charge is 0.419 e. The Labute approximate surface area is 159 Å². The van der Waals surface area contributed by atoms with E-state index in [1.165, 1.54) is 17.8 Å². The number of benzene rings is 1. The van der Waals surface area contributed by atoms with Gasteiger partial charge in [0.2, 0.25) is 0 Å². The number of para-hydroxylation sites is 1. The van der Waals surface area contributed by atoms with Crippen molar-refractivity contribution in [3.8, 4) is 0 Å². The fourth-order valence-corrected chi connectivity index (χ4v) is 2.96. The van der Waals surface area contributed by atoms with Gasteiger partial charge in [-0.25, -0.2) is 16.2 Å². The molecule has 1 atom stereocenters. The van der Waals surface area contributed by atoms with E-state index < -0.39 is 23.2 Å². The molecule has 0 aliphatic heterocycles. The Hall–Kier alpha value is -3.07. The number of rotatable bonds is 5. The minimum Gasteiger partial charge on any atom is -0.463 e. The maximum Gasteiger partial charge on any atom is 0.419 e.